The minimum Gasteiger partial charge on any atom is -0.387 e. The van der Waals surface area contributed by atoms with Gasteiger partial charge in [0.2, 0.25) is 0 Å². The normalized spacial score (nSPS) is 10.7. The van der Waals surface area contributed by atoms with E-state index in [0.717, 1.165) is 28.2 Å². The molecule has 0 bridgehead atoms. The molecule has 3 rings (SSSR count). The Morgan fingerprint density at radius 2 is 1.38 bits per heavy atom. The van der Waals surface area contributed by atoms with Crippen molar-refractivity contribution >= 4 is 75.1 Å². The molecule has 0 aromatic heterocycles. The molecular weight excluding hydrogens is 472 g/mol. The molecule has 0 amide bonds. The standard InChI is InChI=1S/C21H18Cl5N3/c1-27-20-5-2-12(6-18(20)25)10-29-21-9-16(23)13(7-19(21)26)11-28-14-3-4-15(22)17(24)8-14/h2-9,27-29H,10-11H2,1H3. The number of benzene rings is 3. The van der Waals surface area contributed by atoms with E-state index >= 15 is 0 Å². The quantitative estimate of drug-likeness (QED) is 0.313. The zero-order valence-electron chi connectivity index (χ0n) is 15.4. The maximum Gasteiger partial charge on any atom is 0.0642 e. The molecule has 0 radical (unpaired) electrons. The van der Waals surface area contributed by atoms with Gasteiger partial charge in [-0.25, -0.2) is 0 Å². The van der Waals surface area contributed by atoms with Gasteiger partial charge in [-0.1, -0.05) is 64.1 Å². The first-order valence-corrected chi connectivity index (χ1v) is 10.6. The van der Waals surface area contributed by atoms with E-state index in [4.69, 9.17) is 58.0 Å². The average Bonchev–Trinajstić information content (AvgIpc) is 2.70. The van der Waals surface area contributed by atoms with E-state index in [9.17, 15) is 0 Å². The van der Waals surface area contributed by atoms with Gasteiger partial charge in [-0.15, -0.1) is 0 Å². The fraction of sp³-hybridized carbons (Fsp3) is 0.143. The number of anilines is 3. The topological polar surface area (TPSA) is 36.1 Å². The Morgan fingerprint density at radius 3 is 2.07 bits per heavy atom. The third-order valence-corrected chi connectivity index (χ3v) is 6.04. The van der Waals surface area contributed by atoms with Crippen LogP contribution in [0.4, 0.5) is 17.1 Å². The molecule has 0 saturated carbocycles. The van der Waals surface area contributed by atoms with Crippen LogP contribution in [0.25, 0.3) is 0 Å². The largest absolute Gasteiger partial charge is 0.387 e. The van der Waals surface area contributed by atoms with E-state index in [0.29, 0.717) is 38.2 Å². The number of hydrogen-bond donors (Lipinski definition) is 3. The third kappa shape index (κ3) is 5.78. The highest BCUT2D eigenvalue weighted by molar-refractivity contribution is 6.42. The Bertz CT molecular complexity index is 1020. The Kier molecular flexibility index (Phi) is 7.66. The summed E-state index contributed by atoms with van der Waals surface area (Å²) in [6.45, 7) is 1.07. The van der Waals surface area contributed by atoms with Gasteiger partial charge in [-0.3, -0.25) is 0 Å². The van der Waals surface area contributed by atoms with Crippen molar-refractivity contribution in [1.29, 1.82) is 0 Å². The summed E-state index contributed by atoms with van der Waals surface area (Å²) >= 11 is 31.1. The van der Waals surface area contributed by atoms with Crippen LogP contribution in [0, 0.1) is 0 Å². The molecule has 152 valence electrons. The maximum atomic E-state index is 6.46. The molecule has 0 aliphatic carbocycles. The van der Waals surface area contributed by atoms with Crippen molar-refractivity contribution < 1.29 is 0 Å². The molecule has 8 heteroatoms. The van der Waals surface area contributed by atoms with Gasteiger partial charge in [-0.05, 0) is 53.6 Å². The molecule has 0 unspecified atom stereocenters. The molecule has 3 nitrogen and oxygen atoms in total. The minimum atomic E-state index is 0.489. The van der Waals surface area contributed by atoms with Crippen LogP contribution in [0.5, 0.6) is 0 Å². The second kappa shape index (κ2) is 10.0. The zero-order valence-corrected chi connectivity index (χ0v) is 19.2. The molecule has 3 N–H and O–H groups in total. The van der Waals surface area contributed by atoms with E-state index < -0.39 is 0 Å². The summed E-state index contributed by atoms with van der Waals surface area (Å²) in [4.78, 5) is 0. The van der Waals surface area contributed by atoms with E-state index in [1.54, 1.807) is 12.1 Å². The van der Waals surface area contributed by atoms with Crippen molar-refractivity contribution in [2.24, 2.45) is 0 Å². The molecular formula is C21H18Cl5N3. The van der Waals surface area contributed by atoms with Crippen molar-refractivity contribution in [3.8, 4) is 0 Å². The van der Waals surface area contributed by atoms with Gasteiger partial charge >= 0.3 is 0 Å². The Hall–Kier alpha value is -1.49. The fourth-order valence-corrected chi connectivity index (χ4v) is 3.81. The first kappa shape index (κ1) is 22.2. The van der Waals surface area contributed by atoms with Crippen LogP contribution in [-0.4, -0.2) is 7.05 Å². The van der Waals surface area contributed by atoms with Crippen molar-refractivity contribution in [2.45, 2.75) is 13.1 Å². The molecule has 0 fully saturated rings. The van der Waals surface area contributed by atoms with Gasteiger partial charge in [0.25, 0.3) is 0 Å². The van der Waals surface area contributed by atoms with Gasteiger partial charge in [0.05, 0.1) is 31.5 Å². The van der Waals surface area contributed by atoms with Crippen molar-refractivity contribution in [2.75, 3.05) is 23.0 Å². The van der Waals surface area contributed by atoms with Gasteiger partial charge in [-0.2, -0.15) is 0 Å². The predicted octanol–water partition coefficient (Wildman–Crippen LogP) is 8.22. The van der Waals surface area contributed by atoms with Crippen molar-refractivity contribution in [1.82, 2.24) is 0 Å². The highest BCUT2D eigenvalue weighted by atomic mass is 35.5. The summed E-state index contributed by atoms with van der Waals surface area (Å²) in [5.74, 6) is 0. The molecule has 0 spiro atoms. The highest BCUT2D eigenvalue weighted by Crippen LogP contribution is 2.31. The molecule has 0 saturated heterocycles. The van der Waals surface area contributed by atoms with Crippen LogP contribution in [0.2, 0.25) is 25.1 Å². The second-order valence-corrected chi connectivity index (χ2v) is 8.36. The monoisotopic (exact) mass is 487 g/mol. The van der Waals surface area contributed by atoms with Gasteiger partial charge in [0, 0.05) is 30.8 Å². The molecule has 0 aliphatic heterocycles. The molecule has 0 atom stereocenters. The first-order chi connectivity index (χ1) is 13.9. The van der Waals surface area contributed by atoms with E-state index in [1.165, 1.54) is 0 Å². The van der Waals surface area contributed by atoms with Gasteiger partial charge in [0.15, 0.2) is 0 Å². The van der Waals surface area contributed by atoms with E-state index in [-0.39, 0.29) is 0 Å². The minimum absolute atomic E-state index is 0.489. The summed E-state index contributed by atoms with van der Waals surface area (Å²) in [7, 11) is 1.83. The van der Waals surface area contributed by atoms with Crippen LogP contribution < -0.4 is 16.0 Å². The Morgan fingerprint density at radius 1 is 0.621 bits per heavy atom. The Balaban J connectivity index is 1.67. The van der Waals surface area contributed by atoms with Crippen LogP contribution >= 0.6 is 58.0 Å². The van der Waals surface area contributed by atoms with E-state index in [2.05, 4.69) is 16.0 Å². The summed E-state index contributed by atoms with van der Waals surface area (Å²) in [5.41, 5.74) is 4.39. The molecule has 0 heterocycles. The lowest BCUT2D eigenvalue weighted by molar-refractivity contribution is 1.13. The number of halogens is 5. The Labute approximate surface area is 195 Å². The predicted molar refractivity (Wildman–Crippen MR) is 129 cm³/mol. The SMILES string of the molecule is CNc1ccc(CNc2cc(Cl)c(CNc3ccc(Cl)c(Cl)c3)cc2Cl)cc1Cl. The molecule has 3 aromatic rings. The highest BCUT2D eigenvalue weighted by Gasteiger charge is 2.09. The lowest BCUT2D eigenvalue weighted by atomic mass is 10.1. The van der Waals surface area contributed by atoms with Crippen molar-refractivity contribution in [3.05, 3.63) is 84.8 Å². The summed E-state index contributed by atoms with van der Waals surface area (Å²) in [6, 6.07) is 14.9. The summed E-state index contributed by atoms with van der Waals surface area (Å²) in [5, 5.41) is 12.5. The fourth-order valence-electron chi connectivity index (χ4n) is 2.73. The molecule has 0 aliphatic rings. The van der Waals surface area contributed by atoms with Crippen LogP contribution in [0.3, 0.4) is 0 Å². The van der Waals surface area contributed by atoms with Crippen LogP contribution in [-0.2, 0) is 13.1 Å². The number of hydrogen-bond acceptors (Lipinski definition) is 3. The average molecular weight is 490 g/mol. The smallest absolute Gasteiger partial charge is 0.0642 e. The lowest BCUT2D eigenvalue weighted by Gasteiger charge is -2.14. The van der Waals surface area contributed by atoms with Gasteiger partial charge in [0.1, 0.15) is 0 Å². The lowest BCUT2D eigenvalue weighted by Crippen LogP contribution is -2.03. The van der Waals surface area contributed by atoms with Crippen LogP contribution in [0.15, 0.2) is 48.5 Å². The van der Waals surface area contributed by atoms with E-state index in [1.807, 2.05) is 43.4 Å². The summed E-state index contributed by atoms with van der Waals surface area (Å²) < 4.78 is 0. The first-order valence-electron chi connectivity index (χ1n) is 8.74. The number of nitrogens with one attached hydrogen (secondary N) is 3. The van der Waals surface area contributed by atoms with Crippen molar-refractivity contribution in [3.63, 3.8) is 0 Å². The number of rotatable bonds is 7. The zero-order chi connectivity index (χ0) is 21.0. The summed E-state index contributed by atoms with van der Waals surface area (Å²) in [6.07, 6.45) is 0. The second-order valence-electron chi connectivity index (χ2n) is 6.32. The van der Waals surface area contributed by atoms with Crippen LogP contribution in [0.1, 0.15) is 11.1 Å². The maximum absolute atomic E-state index is 6.46. The molecule has 29 heavy (non-hydrogen) atoms. The van der Waals surface area contributed by atoms with Gasteiger partial charge < -0.3 is 16.0 Å². The third-order valence-electron chi connectivity index (χ3n) is 4.32. The molecule has 3 aromatic carbocycles.